The van der Waals surface area contributed by atoms with Crippen LogP contribution in [-0.4, -0.2) is 31.0 Å². The number of ketones is 1. The zero-order valence-electron chi connectivity index (χ0n) is 20.4. The predicted octanol–water partition coefficient (Wildman–Crippen LogP) is 5.85. The fraction of sp³-hybridized carbons (Fsp3) is 0.172. The van der Waals surface area contributed by atoms with Gasteiger partial charge in [0.15, 0.2) is 22.9 Å². The number of benzene rings is 3. The number of aliphatic hydroxyl groups is 1. The minimum atomic E-state index is -0.867. The third kappa shape index (κ3) is 3.69. The molecule has 0 fully saturated rings. The first-order valence-corrected chi connectivity index (χ1v) is 11.4. The van der Waals surface area contributed by atoms with Crippen molar-refractivity contribution >= 4 is 28.3 Å². The maximum absolute atomic E-state index is 13.8. The van der Waals surface area contributed by atoms with Crippen LogP contribution in [0.5, 0.6) is 11.5 Å². The second-order valence-corrected chi connectivity index (χ2v) is 8.70. The first-order chi connectivity index (χ1) is 17.3. The van der Waals surface area contributed by atoms with E-state index in [0.29, 0.717) is 33.7 Å². The summed E-state index contributed by atoms with van der Waals surface area (Å²) < 4.78 is 16.5. The van der Waals surface area contributed by atoms with Gasteiger partial charge in [0, 0.05) is 11.1 Å². The van der Waals surface area contributed by atoms with Crippen molar-refractivity contribution in [1.82, 2.24) is 0 Å². The van der Waals surface area contributed by atoms with E-state index in [2.05, 4.69) is 0 Å². The lowest BCUT2D eigenvalue weighted by atomic mass is 9.94. The number of aliphatic hydroxyl groups excluding tert-OH is 1. The molecule has 0 saturated heterocycles. The molecule has 1 aliphatic heterocycles. The number of methoxy groups -OCH3 is 2. The molecule has 0 aliphatic carbocycles. The average molecular weight is 484 g/mol. The molecule has 182 valence electrons. The molecular formula is C29H25NO6. The summed E-state index contributed by atoms with van der Waals surface area (Å²) in [6.07, 6.45) is 0. The Morgan fingerprint density at radius 3 is 2.36 bits per heavy atom. The maximum atomic E-state index is 13.8. The van der Waals surface area contributed by atoms with Gasteiger partial charge in [-0.1, -0.05) is 30.3 Å². The molecule has 1 atom stereocenters. The van der Waals surface area contributed by atoms with E-state index >= 15 is 0 Å². The molecule has 1 aromatic heterocycles. The van der Waals surface area contributed by atoms with Crippen LogP contribution in [0, 0.1) is 13.8 Å². The highest BCUT2D eigenvalue weighted by atomic mass is 16.5. The summed E-state index contributed by atoms with van der Waals surface area (Å²) in [5, 5.41) is 11.7. The molecule has 1 N–H and O–H groups in total. The molecule has 1 aliphatic rings. The number of amides is 1. The third-order valence-corrected chi connectivity index (χ3v) is 6.60. The first kappa shape index (κ1) is 23.2. The summed E-state index contributed by atoms with van der Waals surface area (Å²) in [6, 6.07) is 18.7. The number of para-hydroxylation sites is 1. The summed E-state index contributed by atoms with van der Waals surface area (Å²) >= 11 is 0. The second kappa shape index (κ2) is 8.92. The van der Waals surface area contributed by atoms with Crippen LogP contribution in [-0.2, 0) is 4.79 Å². The van der Waals surface area contributed by atoms with E-state index in [0.717, 1.165) is 11.1 Å². The van der Waals surface area contributed by atoms with Crippen LogP contribution in [0.3, 0.4) is 0 Å². The van der Waals surface area contributed by atoms with Gasteiger partial charge in [-0.05, 0) is 66.9 Å². The summed E-state index contributed by atoms with van der Waals surface area (Å²) in [5.74, 6) is -0.722. The lowest BCUT2D eigenvalue weighted by molar-refractivity contribution is -0.117. The van der Waals surface area contributed by atoms with Crippen LogP contribution < -0.4 is 14.4 Å². The van der Waals surface area contributed by atoms with Crippen molar-refractivity contribution in [1.29, 1.82) is 0 Å². The second-order valence-electron chi connectivity index (χ2n) is 8.70. The molecule has 0 bridgehead atoms. The Morgan fingerprint density at radius 2 is 1.69 bits per heavy atom. The van der Waals surface area contributed by atoms with E-state index in [9.17, 15) is 14.7 Å². The minimum absolute atomic E-state index is 0.00398. The molecule has 0 spiro atoms. The molecule has 0 saturated carbocycles. The standard InChI is InChI=1S/C29H25NO6/c1-16-8-11-20(14-17(16)2)30-25(18-9-12-21(34-3)13-10-18)24(27(32)29(30)33)26(31)23-15-19-6-5-7-22(35-4)28(19)36-23/h5-15,25,32H,1-4H3. The molecule has 2 heterocycles. The summed E-state index contributed by atoms with van der Waals surface area (Å²) in [4.78, 5) is 28.7. The van der Waals surface area contributed by atoms with Crippen molar-refractivity contribution in [3.05, 3.63) is 101 Å². The number of rotatable bonds is 6. The number of anilines is 1. The maximum Gasteiger partial charge on any atom is 0.294 e. The number of hydrogen-bond donors (Lipinski definition) is 1. The first-order valence-electron chi connectivity index (χ1n) is 11.4. The zero-order valence-corrected chi connectivity index (χ0v) is 20.4. The Balaban J connectivity index is 1.66. The van der Waals surface area contributed by atoms with E-state index in [4.69, 9.17) is 13.9 Å². The van der Waals surface area contributed by atoms with Crippen molar-refractivity contribution in [2.45, 2.75) is 19.9 Å². The zero-order chi connectivity index (χ0) is 25.6. The van der Waals surface area contributed by atoms with Crippen molar-refractivity contribution in [2.75, 3.05) is 19.1 Å². The quantitative estimate of drug-likeness (QED) is 0.346. The number of nitrogens with zero attached hydrogens (tertiary/aromatic N) is 1. The molecular weight excluding hydrogens is 458 g/mol. The Labute approximate surface area is 208 Å². The molecule has 7 nitrogen and oxygen atoms in total. The fourth-order valence-corrected chi connectivity index (χ4v) is 4.52. The van der Waals surface area contributed by atoms with Crippen LogP contribution in [0.2, 0.25) is 0 Å². The fourth-order valence-electron chi connectivity index (χ4n) is 4.52. The molecule has 5 rings (SSSR count). The van der Waals surface area contributed by atoms with Gasteiger partial charge in [-0.3, -0.25) is 14.5 Å². The highest BCUT2D eigenvalue weighted by Gasteiger charge is 2.45. The Bertz CT molecular complexity index is 1530. The van der Waals surface area contributed by atoms with Gasteiger partial charge in [0.2, 0.25) is 5.78 Å². The van der Waals surface area contributed by atoms with Crippen molar-refractivity contribution in [3.63, 3.8) is 0 Å². The lowest BCUT2D eigenvalue weighted by Gasteiger charge is -2.27. The Kier molecular flexibility index (Phi) is 5.76. The topological polar surface area (TPSA) is 89.2 Å². The van der Waals surface area contributed by atoms with Gasteiger partial charge < -0.3 is 19.0 Å². The molecule has 4 aromatic rings. The molecule has 1 amide bonds. The van der Waals surface area contributed by atoms with E-state index in [1.165, 1.54) is 12.0 Å². The molecule has 1 unspecified atom stereocenters. The minimum Gasteiger partial charge on any atom is -0.503 e. The monoisotopic (exact) mass is 483 g/mol. The van der Waals surface area contributed by atoms with Gasteiger partial charge in [0.05, 0.1) is 25.8 Å². The number of furan rings is 1. The Hall–Kier alpha value is -4.52. The number of carbonyl (C=O) groups excluding carboxylic acids is 2. The number of Topliss-reactive ketones (excluding diaryl/α,β-unsaturated/α-hetero) is 1. The number of carbonyl (C=O) groups is 2. The predicted molar refractivity (Wildman–Crippen MR) is 136 cm³/mol. The van der Waals surface area contributed by atoms with Gasteiger partial charge in [-0.2, -0.15) is 0 Å². The van der Waals surface area contributed by atoms with E-state index in [-0.39, 0.29) is 11.3 Å². The average Bonchev–Trinajstić information content (AvgIpc) is 3.44. The van der Waals surface area contributed by atoms with Crippen molar-refractivity contribution in [3.8, 4) is 11.5 Å². The number of aryl methyl sites for hydroxylation is 2. The van der Waals surface area contributed by atoms with E-state index < -0.39 is 23.5 Å². The Morgan fingerprint density at radius 1 is 0.944 bits per heavy atom. The molecule has 0 radical (unpaired) electrons. The SMILES string of the molecule is COc1ccc(C2C(C(=O)c3cc4cccc(OC)c4o3)=C(O)C(=O)N2c2ccc(C)c(C)c2)cc1. The molecule has 3 aromatic carbocycles. The van der Waals surface area contributed by atoms with Gasteiger partial charge in [0.25, 0.3) is 5.91 Å². The highest BCUT2D eigenvalue weighted by Crippen LogP contribution is 2.43. The van der Waals surface area contributed by atoms with Gasteiger partial charge in [0.1, 0.15) is 5.75 Å². The van der Waals surface area contributed by atoms with E-state index in [1.54, 1.807) is 55.6 Å². The molecule has 36 heavy (non-hydrogen) atoms. The van der Waals surface area contributed by atoms with Crippen LogP contribution in [0.4, 0.5) is 5.69 Å². The van der Waals surface area contributed by atoms with Gasteiger partial charge in [-0.15, -0.1) is 0 Å². The highest BCUT2D eigenvalue weighted by molar-refractivity contribution is 6.20. The van der Waals surface area contributed by atoms with Crippen LogP contribution in [0.25, 0.3) is 11.0 Å². The van der Waals surface area contributed by atoms with Crippen molar-refractivity contribution < 1.29 is 28.6 Å². The van der Waals surface area contributed by atoms with E-state index in [1.807, 2.05) is 32.0 Å². The summed E-state index contributed by atoms with van der Waals surface area (Å²) in [5.41, 5.74) is 3.63. The smallest absolute Gasteiger partial charge is 0.294 e. The summed E-state index contributed by atoms with van der Waals surface area (Å²) in [7, 11) is 3.08. The van der Waals surface area contributed by atoms with Gasteiger partial charge in [-0.25, -0.2) is 0 Å². The lowest BCUT2D eigenvalue weighted by Crippen LogP contribution is -2.31. The van der Waals surface area contributed by atoms with Crippen LogP contribution in [0.1, 0.15) is 33.3 Å². The largest absolute Gasteiger partial charge is 0.503 e. The van der Waals surface area contributed by atoms with Crippen molar-refractivity contribution in [2.24, 2.45) is 0 Å². The number of fused-ring (bicyclic) bond motifs is 1. The third-order valence-electron chi connectivity index (χ3n) is 6.60. The van der Waals surface area contributed by atoms with Crippen LogP contribution in [0.15, 0.2) is 82.5 Å². The number of ether oxygens (including phenoxy) is 2. The van der Waals surface area contributed by atoms with Crippen LogP contribution >= 0.6 is 0 Å². The molecule has 7 heteroatoms. The summed E-state index contributed by atoms with van der Waals surface area (Å²) in [6.45, 7) is 3.93. The number of hydrogen-bond acceptors (Lipinski definition) is 6. The normalized spacial score (nSPS) is 15.6. The van der Waals surface area contributed by atoms with Gasteiger partial charge >= 0.3 is 0 Å².